The Kier molecular flexibility index (Phi) is 6.04. The Morgan fingerprint density at radius 1 is 0.972 bits per heavy atom. The molecule has 0 spiro atoms. The quantitative estimate of drug-likeness (QED) is 0.544. The molecule has 3 aliphatic rings. The lowest BCUT2D eigenvalue weighted by atomic mass is 9.90. The Hall–Kier alpha value is -3.53. The van der Waals surface area contributed by atoms with Crippen LogP contribution in [0.5, 0.6) is 5.75 Å². The zero-order valence-electron chi connectivity index (χ0n) is 19.8. The van der Waals surface area contributed by atoms with E-state index in [0.29, 0.717) is 36.3 Å². The molecule has 10 heteroatoms. The van der Waals surface area contributed by atoms with Crippen LogP contribution in [0.3, 0.4) is 0 Å². The largest absolute Gasteiger partial charge is 0.486 e. The Morgan fingerprint density at radius 2 is 1.81 bits per heavy atom. The number of fused-ring (bicyclic) bond motifs is 1. The number of aliphatic hydroxyl groups is 1. The number of aliphatic hydroxyl groups excluding tert-OH is 1. The highest BCUT2D eigenvalue weighted by molar-refractivity contribution is 5.73. The van der Waals surface area contributed by atoms with E-state index in [2.05, 4.69) is 30.1 Å². The minimum atomic E-state index is -0.637. The minimum Gasteiger partial charge on any atom is -0.486 e. The third kappa shape index (κ3) is 4.41. The van der Waals surface area contributed by atoms with Crippen LogP contribution in [-0.2, 0) is 0 Å². The van der Waals surface area contributed by atoms with Crippen molar-refractivity contribution < 1.29 is 18.6 Å². The number of piperidine rings is 1. The highest BCUT2D eigenvalue weighted by atomic mass is 19.1. The lowest BCUT2D eigenvalue weighted by Crippen LogP contribution is -2.44. The number of hydrogen-bond donors (Lipinski definition) is 2. The zero-order chi connectivity index (χ0) is 24.6. The first-order valence-corrected chi connectivity index (χ1v) is 12.5. The van der Waals surface area contributed by atoms with E-state index in [1.54, 1.807) is 18.3 Å². The molecule has 1 aliphatic carbocycles. The standard InChI is InChI=1S/C26H28F2N6O2/c27-20-12-16(13-22-25(20)36-11-10-34(22)17-2-1-3-17)24-21(28)15-30-26(32-24)31-23-5-4-18(14-29-23)33-8-6-19(35)7-9-33/h4-5,12-15,17,19,35H,1-3,6-11H2,(H,29,30,31,32). The summed E-state index contributed by atoms with van der Waals surface area (Å²) >= 11 is 0. The summed E-state index contributed by atoms with van der Waals surface area (Å²) in [4.78, 5) is 17.2. The van der Waals surface area contributed by atoms with Crippen molar-refractivity contribution in [2.45, 2.75) is 44.2 Å². The van der Waals surface area contributed by atoms with Gasteiger partial charge in [0.25, 0.3) is 0 Å². The third-order valence-corrected chi connectivity index (χ3v) is 7.26. The number of aromatic nitrogens is 3. The molecule has 1 aromatic carbocycles. The first-order valence-electron chi connectivity index (χ1n) is 12.5. The Bertz CT molecular complexity index is 1250. The smallest absolute Gasteiger partial charge is 0.229 e. The summed E-state index contributed by atoms with van der Waals surface area (Å²) in [5.74, 6) is -0.270. The predicted molar refractivity (Wildman–Crippen MR) is 133 cm³/mol. The van der Waals surface area contributed by atoms with E-state index in [1.807, 2.05) is 6.07 Å². The van der Waals surface area contributed by atoms with Crippen molar-refractivity contribution in [3.63, 3.8) is 0 Å². The molecular weight excluding hydrogens is 466 g/mol. The molecule has 2 N–H and O–H groups in total. The molecule has 0 amide bonds. The molecule has 0 atom stereocenters. The van der Waals surface area contributed by atoms with Gasteiger partial charge in [0.15, 0.2) is 17.4 Å². The van der Waals surface area contributed by atoms with Crippen molar-refractivity contribution in [3.8, 4) is 17.0 Å². The van der Waals surface area contributed by atoms with Gasteiger partial charge in [0.05, 0.1) is 36.4 Å². The van der Waals surface area contributed by atoms with Crippen LogP contribution in [0, 0.1) is 11.6 Å². The van der Waals surface area contributed by atoms with Gasteiger partial charge in [-0.3, -0.25) is 0 Å². The maximum absolute atomic E-state index is 15.0. The highest BCUT2D eigenvalue weighted by Gasteiger charge is 2.31. The van der Waals surface area contributed by atoms with E-state index < -0.39 is 11.6 Å². The molecule has 6 rings (SSSR count). The molecule has 2 aliphatic heterocycles. The van der Waals surface area contributed by atoms with Crippen LogP contribution < -0.4 is 19.9 Å². The number of ether oxygens (including phenoxy) is 1. The lowest BCUT2D eigenvalue weighted by molar-refractivity contribution is 0.145. The number of halogens is 2. The zero-order valence-corrected chi connectivity index (χ0v) is 19.8. The van der Waals surface area contributed by atoms with E-state index in [-0.39, 0.29) is 23.5 Å². The number of hydrogen-bond acceptors (Lipinski definition) is 8. The van der Waals surface area contributed by atoms with Gasteiger partial charge in [0.1, 0.15) is 18.1 Å². The molecular formula is C26H28F2N6O2. The van der Waals surface area contributed by atoms with E-state index in [9.17, 15) is 9.50 Å². The van der Waals surface area contributed by atoms with Crippen molar-refractivity contribution in [2.24, 2.45) is 0 Å². The molecule has 36 heavy (non-hydrogen) atoms. The minimum absolute atomic E-state index is 0.0110. The molecule has 0 unspecified atom stereocenters. The van der Waals surface area contributed by atoms with Gasteiger partial charge in [-0.05, 0) is 56.4 Å². The van der Waals surface area contributed by atoms with Gasteiger partial charge in [-0.2, -0.15) is 0 Å². The number of nitrogens with zero attached hydrogens (tertiary/aromatic N) is 5. The van der Waals surface area contributed by atoms with Crippen LogP contribution >= 0.6 is 0 Å². The SMILES string of the molecule is OC1CCN(c2ccc(Nc3ncc(F)c(-c4cc(F)c5c(c4)N(C4CCC4)CCO5)n3)nc2)CC1. The highest BCUT2D eigenvalue weighted by Crippen LogP contribution is 2.42. The molecule has 188 valence electrons. The van der Waals surface area contributed by atoms with Crippen LogP contribution in [0.15, 0.2) is 36.7 Å². The summed E-state index contributed by atoms with van der Waals surface area (Å²) < 4.78 is 35.4. The molecule has 1 saturated heterocycles. The Morgan fingerprint density at radius 3 is 2.53 bits per heavy atom. The fourth-order valence-corrected chi connectivity index (χ4v) is 5.03. The maximum Gasteiger partial charge on any atom is 0.229 e. The molecule has 0 radical (unpaired) electrons. The van der Waals surface area contributed by atoms with Crippen molar-refractivity contribution in [3.05, 3.63) is 48.3 Å². The fraction of sp³-hybridized carbons (Fsp3) is 0.423. The predicted octanol–water partition coefficient (Wildman–Crippen LogP) is 4.27. The van der Waals surface area contributed by atoms with Crippen molar-refractivity contribution >= 4 is 23.1 Å². The summed E-state index contributed by atoms with van der Waals surface area (Å²) in [6.45, 7) is 2.67. The van der Waals surface area contributed by atoms with Gasteiger partial charge in [0.2, 0.25) is 5.95 Å². The summed E-state index contributed by atoms with van der Waals surface area (Å²) in [5, 5.41) is 12.7. The lowest BCUT2D eigenvalue weighted by Gasteiger charge is -2.42. The summed E-state index contributed by atoms with van der Waals surface area (Å²) in [5.41, 5.74) is 1.96. The van der Waals surface area contributed by atoms with Gasteiger partial charge >= 0.3 is 0 Å². The molecule has 0 bridgehead atoms. The summed E-state index contributed by atoms with van der Waals surface area (Å²) in [7, 11) is 0. The topological polar surface area (TPSA) is 86.6 Å². The average molecular weight is 495 g/mol. The van der Waals surface area contributed by atoms with Crippen molar-refractivity contribution in [2.75, 3.05) is 41.4 Å². The van der Waals surface area contributed by atoms with E-state index >= 15 is 4.39 Å². The molecule has 8 nitrogen and oxygen atoms in total. The number of rotatable bonds is 5. The molecule has 4 heterocycles. The van der Waals surface area contributed by atoms with Crippen LogP contribution in [-0.4, -0.2) is 58.4 Å². The van der Waals surface area contributed by atoms with Crippen LogP contribution in [0.25, 0.3) is 11.3 Å². The first-order chi connectivity index (χ1) is 17.5. The second-order valence-electron chi connectivity index (χ2n) is 9.57. The van der Waals surface area contributed by atoms with Gasteiger partial charge in [0, 0.05) is 24.7 Å². The van der Waals surface area contributed by atoms with Crippen LogP contribution in [0.4, 0.5) is 31.9 Å². The Labute approximate surface area is 208 Å². The van der Waals surface area contributed by atoms with Gasteiger partial charge < -0.3 is 25.0 Å². The normalized spacial score (nSPS) is 18.4. The van der Waals surface area contributed by atoms with E-state index in [1.165, 1.54) is 6.07 Å². The van der Waals surface area contributed by atoms with Crippen molar-refractivity contribution in [1.29, 1.82) is 0 Å². The first kappa shape index (κ1) is 22.9. The van der Waals surface area contributed by atoms with Crippen LogP contribution in [0.1, 0.15) is 32.1 Å². The number of anilines is 4. The summed E-state index contributed by atoms with van der Waals surface area (Å²) in [6.07, 6.45) is 7.34. The number of nitrogens with one attached hydrogen (secondary N) is 1. The molecule has 2 fully saturated rings. The Balaban J connectivity index is 1.24. The van der Waals surface area contributed by atoms with Gasteiger partial charge in [-0.25, -0.2) is 23.7 Å². The fourth-order valence-electron chi connectivity index (χ4n) is 5.03. The van der Waals surface area contributed by atoms with Crippen molar-refractivity contribution in [1.82, 2.24) is 15.0 Å². The average Bonchev–Trinajstić information content (AvgIpc) is 2.86. The van der Waals surface area contributed by atoms with Gasteiger partial charge in [-0.1, -0.05) is 0 Å². The van der Waals surface area contributed by atoms with E-state index in [4.69, 9.17) is 4.74 Å². The second kappa shape index (κ2) is 9.50. The van der Waals surface area contributed by atoms with E-state index in [0.717, 1.165) is 57.1 Å². The molecule has 2 aromatic heterocycles. The summed E-state index contributed by atoms with van der Waals surface area (Å²) in [6, 6.07) is 7.12. The monoisotopic (exact) mass is 494 g/mol. The maximum atomic E-state index is 15.0. The number of pyridine rings is 1. The number of benzene rings is 1. The van der Waals surface area contributed by atoms with Crippen LogP contribution in [0.2, 0.25) is 0 Å². The van der Waals surface area contributed by atoms with Gasteiger partial charge in [-0.15, -0.1) is 0 Å². The molecule has 3 aromatic rings. The second-order valence-corrected chi connectivity index (χ2v) is 9.57. The third-order valence-electron chi connectivity index (χ3n) is 7.26. The molecule has 1 saturated carbocycles.